The third kappa shape index (κ3) is 2.76. The number of halogens is 1. The summed E-state index contributed by atoms with van der Waals surface area (Å²) >= 11 is 10.1. The molecule has 0 N–H and O–H groups in total. The number of thioether (sulfide) groups is 1. The minimum absolute atomic E-state index is 0.663. The molecule has 0 fully saturated rings. The minimum Gasteiger partial charge on any atom is -0.221 e. The van der Waals surface area contributed by atoms with Gasteiger partial charge in [-0.05, 0) is 43.4 Å². The molecule has 2 nitrogen and oxygen atoms in total. The van der Waals surface area contributed by atoms with Gasteiger partial charge < -0.3 is 0 Å². The van der Waals surface area contributed by atoms with Crippen molar-refractivity contribution in [2.75, 3.05) is 5.75 Å². The molecule has 2 aromatic rings. The molecular formula is C14H17ClN2S2. The second kappa shape index (κ2) is 5.98. The number of rotatable bonds is 4. The summed E-state index contributed by atoms with van der Waals surface area (Å²) in [5.41, 5.74) is 1.42. The van der Waals surface area contributed by atoms with Crippen LogP contribution >= 0.6 is 34.7 Å². The predicted octanol–water partition coefficient (Wildman–Crippen LogP) is 4.87. The second-order valence-electron chi connectivity index (χ2n) is 4.87. The molecule has 0 bridgehead atoms. The highest BCUT2D eigenvalue weighted by atomic mass is 35.5. The molecule has 0 saturated carbocycles. The smallest absolute Gasteiger partial charge is 0.141 e. The number of aromatic nitrogens is 2. The maximum atomic E-state index is 6.40. The maximum absolute atomic E-state index is 6.40. The molecule has 0 radical (unpaired) electrons. The van der Waals surface area contributed by atoms with Crippen LogP contribution in [-0.2, 0) is 18.6 Å². The van der Waals surface area contributed by atoms with Crippen molar-refractivity contribution >= 4 is 44.9 Å². The quantitative estimate of drug-likeness (QED) is 0.595. The number of nitrogens with zero attached hydrogens (tertiary/aromatic N) is 2. The minimum atomic E-state index is 0.663. The highest BCUT2D eigenvalue weighted by Gasteiger charge is 2.20. The molecule has 1 aliphatic rings. The molecule has 0 aliphatic heterocycles. The van der Waals surface area contributed by atoms with Crippen molar-refractivity contribution in [3.63, 3.8) is 0 Å². The molecular weight excluding hydrogens is 296 g/mol. The van der Waals surface area contributed by atoms with Gasteiger partial charge in [-0.15, -0.1) is 11.3 Å². The summed E-state index contributed by atoms with van der Waals surface area (Å²) in [5.74, 6) is 2.90. The molecule has 0 amide bonds. The van der Waals surface area contributed by atoms with E-state index in [0.717, 1.165) is 34.0 Å². The zero-order valence-corrected chi connectivity index (χ0v) is 13.4. The first kappa shape index (κ1) is 13.7. The molecule has 0 aromatic carbocycles. The topological polar surface area (TPSA) is 25.8 Å². The summed E-state index contributed by atoms with van der Waals surface area (Å²) in [5, 5.41) is 1.79. The fourth-order valence-corrected chi connectivity index (χ4v) is 4.91. The summed E-state index contributed by atoms with van der Waals surface area (Å²) in [7, 11) is 0. The van der Waals surface area contributed by atoms with Gasteiger partial charge in [-0.2, -0.15) is 11.8 Å². The van der Waals surface area contributed by atoms with Gasteiger partial charge in [-0.3, -0.25) is 0 Å². The van der Waals surface area contributed by atoms with E-state index >= 15 is 0 Å². The monoisotopic (exact) mass is 312 g/mol. The Kier molecular flexibility index (Phi) is 4.30. The van der Waals surface area contributed by atoms with E-state index in [0.29, 0.717) is 5.15 Å². The van der Waals surface area contributed by atoms with Crippen LogP contribution in [0, 0.1) is 0 Å². The molecule has 2 heterocycles. The molecule has 1 aliphatic carbocycles. The lowest BCUT2D eigenvalue weighted by atomic mass is 9.97. The van der Waals surface area contributed by atoms with Crippen LogP contribution < -0.4 is 0 Å². The zero-order chi connectivity index (χ0) is 13.2. The van der Waals surface area contributed by atoms with E-state index in [1.54, 1.807) is 0 Å². The maximum Gasteiger partial charge on any atom is 0.141 e. The Bertz CT molecular complexity index is 595. The van der Waals surface area contributed by atoms with Gasteiger partial charge in [0, 0.05) is 4.88 Å². The first-order chi connectivity index (χ1) is 9.29. The van der Waals surface area contributed by atoms with Gasteiger partial charge in [0.15, 0.2) is 0 Å². The van der Waals surface area contributed by atoms with Crippen LogP contribution in [0.1, 0.15) is 42.5 Å². The van der Waals surface area contributed by atoms with E-state index in [9.17, 15) is 0 Å². The van der Waals surface area contributed by atoms with Crippen LogP contribution in [-0.4, -0.2) is 15.7 Å². The average molecular weight is 313 g/mol. The zero-order valence-electron chi connectivity index (χ0n) is 11.0. The van der Waals surface area contributed by atoms with Gasteiger partial charge in [0.05, 0.1) is 11.1 Å². The summed E-state index contributed by atoms with van der Waals surface area (Å²) in [6, 6.07) is 0. The molecule has 0 saturated heterocycles. The van der Waals surface area contributed by atoms with Gasteiger partial charge in [-0.1, -0.05) is 18.5 Å². The summed E-state index contributed by atoms with van der Waals surface area (Å²) in [4.78, 5) is 11.8. The van der Waals surface area contributed by atoms with Crippen LogP contribution in [0.5, 0.6) is 0 Å². The van der Waals surface area contributed by atoms with Crippen molar-refractivity contribution < 1.29 is 0 Å². The number of hydrogen-bond acceptors (Lipinski definition) is 4. The van der Waals surface area contributed by atoms with Crippen molar-refractivity contribution in [2.24, 2.45) is 0 Å². The Hall–Kier alpha value is -0.320. The molecule has 0 unspecified atom stereocenters. The third-order valence-corrected chi connectivity index (χ3v) is 6.01. The fraction of sp³-hybridized carbons (Fsp3) is 0.571. The van der Waals surface area contributed by atoms with E-state index in [-0.39, 0.29) is 0 Å². The Labute approximate surface area is 127 Å². The summed E-state index contributed by atoms with van der Waals surface area (Å²) < 4.78 is 0. The number of fused-ring (bicyclic) bond motifs is 3. The van der Waals surface area contributed by atoms with E-state index in [2.05, 4.69) is 11.9 Å². The first-order valence-electron chi connectivity index (χ1n) is 6.84. The summed E-state index contributed by atoms with van der Waals surface area (Å²) in [6.45, 7) is 2.19. The Balaban J connectivity index is 1.97. The Morgan fingerprint density at radius 1 is 1.26 bits per heavy atom. The van der Waals surface area contributed by atoms with Gasteiger partial charge >= 0.3 is 0 Å². The molecule has 3 rings (SSSR count). The van der Waals surface area contributed by atoms with Gasteiger partial charge in [0.2, 0.25) is 0 Å². The van der Waals surface area contributed by atoms with Gasteiger partial charge in [0.1, 0.15) is 15.8 Å². The standard InChI is InChI=1S/C14H17ClN2S2/c1-2-7-18-8-11-16-13(15)12-9-5-3-4-6-10(9)19-14(12)17-11/h2-8H2,1H3. The lowest BCUT2D eigenvalue weighted by Gasteiger charge is -2.10. The predicted molar refractivity (Wildman–Crippen MR) is 85.5 cm³/mol. The van der Waals surface area contributed by atoms with Crippen LogP contribution in [0.15, 0.2) is 0 Å². The van der Waals surface area contributed by atoms with Gasteiger partial charge in [0.25, 0.3) is 0 Å². The SMILES string of the molecule is CCCSCc1nc(Cl)c2c3c(sc2n1)CCCC3. The van der Waals surface area contributed by atoms with Crippen LogP contribution in [0.25, 0.3) is 10.2 Å². The largest absolute Gasteiger partial charge is 0.221 e. The lowest BCUT2D eigenvalue weighted by molar-refractivity contribution is 0.700. The highest BCUT2D eigenvalue weighted by Crippen LogP contribution is 2.38. The molecule has 0 atom stereocenters. The molecule has 19 heavy (non-hydrogen) atoms. The Morgan fingerprint density at radius 3 is 2.95 bits per heavy atom. The second-order valence-corrected chi connectivity index (χ2v) is 7.42. The first-order valence-corrected chi connectivity index (χ1v) is 9.19. The Morgan fingerprint density at radius 2 is 2.11 bits per heavy atom. The highest BCUT2D eigenvalue weighted by molar-refractivity contribution is 7.98. The van der Waals surface area contributed by atoms with E-state index < -0.39 is 0 Å². The lowest BCUT2D eigenvalue weighted by Crippen LogP contribution is -1.99. The fourth-order valence-electron chi connectivity index (χ4n) is 2.53. The molecule has 0 spiro atoms. The van der Waals surface area contributed by atoms with Crippen LogP contribution in [0.4, 0.5) is 0 Å². The van der Waals surface area contributed by atoms with Crippen molar-refractivity contribution in [1.29, 1.82) is 0 Å². The van der Waals surface area contributed by atoms with Gasteiger partial charge in [-0.25, -0.2) is 9.97 Å². The summed E-state index contributed by atoms with van der Waals surface area (Å²) in [6.07, 6.45) is 6.08. The molecule has 102 valence electrons. The number of hydrogen-bond donors (Lipinski definition) is 0. The number of aryl methyl sites for hydroxylation is 2. The van der Waals surface area contributed by atoms with Crippen LogP contribution in [0.3, 0.4) is 0 Å². The molecule has 2 aromatic heterocycles. The van der Waals surface area contributed by atoms with Crippen molar-refractivity contribution in [1.82, 2.24) is 9.97 Å². The van der Waals surface area contributed by atoms with Crippen molar-refractivity contribution in [3.05, 3.63) is 21.4 Å². The van der Waals surface area contributed by atoms with Crippen molar-refractivity contribution in [3.8, 4) is 0 Å². The van der Waals surface area contributed by atoms with Crippen molar-refractivity contribution in [2.45, 2.75) is 44.8 Å². The average Bonchev–Trinajstić information content (AvgIpc) is 2.77. The normalized spacial score (nSPS) is 14.8. The van der Waals surface area contributed by atoms with E-state index in [1.165, 1.54) is 36.1 Å². The van der Waals surface area contributed by atoms with E-state index in [4.69, 9.17) is 16.6 Å². The van der Waals surface area contributed by atoms with E-state index in [1.807, 2.05) is 23.1 Å². The molecule has 5 heteroatoms. The van der Waals surface area contributed by atoms with Crippen LogP contribution in [0.2, 0.25) is 5.15 Å². The number of thiophene rings is 1. The third-order valence-electron chi connectivity index (χ3n) is 3.40.